The van der Waals surface area contributed by atoms with Gasteiger partial charge in [-0.2, -0.15) is 0 Å². The summed E-state index contributed by atoms with van der Waals surface area (Å²) in [6.07, 6.45) is 0. The van der Waals surface area contributed by atoms with E-state index in [1.54, 1.807) is 0 Å². The number of hydrogen-bond donors (Lipinski definition) is 1. The zero-order chi connectivity index (χ0) is 15.2. The van der Waals surface area contributed by atoms with Gasteiger partial charge in [-0.3, -0.25) is 0 Å². The molecule has 0 spiro atoms. The van der Waals surface area contributed by atoms with Crippen LogP contribution in [-0.4, -0.2) is 11.7 Å². The standard InChI is InChI=1S/C20H16O2/c21-12-4-7-16-8-9-19-14-20(11-10-18(19)13-16)22-15-17-5-2-1-3-6-17/h1-3,5-6,8-11,13-14,21H,12,15H2. The smallest absolute Gasteiger partial charge is 0.120 e. The van der Waals surface area contributed by atoms with Gasteiger partial charge < -0.3 is 9.84 Å². The fraction of sp³-hybridized carbons (Fsp3) is 0.100. The van der Waals surface area contributed by atoms with Gasteiger partial charge in [-0.05, 0) is 40.6 Å². The van der Waals surface area contributed by atoms with Gasteiger partial charge in [-0.1, -0.05) is 54.3 Å². The Bertz CT molecular complexity index is 826. The van der Waals surface area contributed by atoms with E-state index in [0.717, 1.165) is 27.6 Å². The molecule has 3 rings (SSSR count). The minimum atomic E-state index is -0.121. The summed E-state index contributed by atoms with van der Waals surface area (Å²) in [6, 6.07) is 22.1. The minimum absolute atomic E-state index is 0.121. The van der Waals surface area contributed by atoms with Gasteiger partial charge in [-0.25, -0.2) is 0 Å². The molecule has 3 aromatic rings. The Morgan fingerprint density at radius 2 is 1.64 bits per heavy atom. The highest BCUT2D eigenvalue weighted by Gasteiger charge is 1.99. The Labute approximate surface area is 130 Å². The molecule has 0 saturated heterocycles. The maximum absolute atomic E-state index is 8.74. The maximum atomic E-state index is 8.74. The van der Waals surface area contributed by atoms with Gasteiger partial charge in [0.15, 0.2) is 0 Å². The molecular weight excluding hydrogens is 272 g/mol. The molecule has 0 aliphatic rings. The highest BCUT2D eigenvalue weighted by Crippen LogP contribution is 2.22. The first-order valence-electron chi connectivity index (χ1n) is 7.15. The van der Waals surface area contributed by atoms with Crippen LogP contribution in [0.5, 0.6) is 5.75 Å². The highest BCUT2D eigenvalue weighted by atomic mass is 16.5. The number of fused-ring (bicyclic) bond motifs is 1. The van der Waals surface area contributed by atoms with Gasteiger partial charge in [-0.15, -0.1) is 0 Å². The minimum Gasteiger partial charge on any atom is -0.489 e. The summed E-state index contributed by atoms with van der Waals surface area (Å²) in [5.41, 5.74) is 2.05. The molecule has 0 aromatic heterocycles. The fourth-order valence-corrected chi connectivity index (χ4v) is 2.27. The molecule has 0 atom stereocenters. The third-order valence-electron chi connectivity index (χ3n) is 3.37. The van der Waals surface area contributed by atoms with Crippen molar-refractivity contribution in [1.82, 2.24) is 0 Å². The molecule has 0 saturated carbocycles. The average Bonchev–Trinajstić information content (AvgIpc) is 2.59. The zero-order valence-electron chi connectivity index (χ0n) is 12.1. The number of rotatable bonds is 3. The molecule has 2 nitrogen and oxygen atoms in total. The lowest BCUT2D eigenvalue weighted by Crippen LogP contribution is -1.94. The van der Waals surface area contributed by atoms with Crippen molar-refractivity contribution in [2.45, 2.75) is 6.61 Å². The van der Waals surface area contributed by atoms with E-state index in [4.69, 9.17) is 9.84 Å². The van der Waals surface area contributed by atoms with E-state index in [1.807, 2.05) is 66.7 Å². The zero-order valence-corrected chi connectivity index (χ0v) is 12.1. The third kappa shape index (κ3) is 3.46. The molecule has 0 radical (unpaired) electrons. The lowest BCUT2D eigenvalue weighted by Gasteiger charge is -2.07. The van der Waals surface area contributed by atoms with Crippen molar-refractivity contribution in [3.05, 3.63) is 77.9 Å². The van der Waals surface area contributed by atoms with E-state index in [-0.39, 0.29) is 6.61 Å². The van der Waals surface area contributed by atoms with Crippen LogP contribution in [0.25, 0.3) is 10.8 Å². The van der Waals surface area contributed by atoms with Crippen LogP contribution in [0.4, 0.5) is 0 Å². The number of ether oxygens (including phenoxy) is 1. The second kappa shape index (κ2) is 6.80. The molecule has 0 fully saturated rings. The number of hydrogen-bond acceptors (Lipinski definition) is 2. The van der Waals surface area contributed by atoms with E-state index in [1.165, 1.54) is 0 Å². The van der Waals surface area contributed by atoms with Crippen LogP contribution in [0.2, 0.25) is 0 Å². The van der Waals surface area contributed by atoms with E-state index < -0.39 is 0 Å². The predicted octanol–water partition coefficient (Wildman–Crippen LogP) is 3.76. The Hall–Kier alpha value is -2.76. The van der Waals surface area contributed by atoms with E-state index in [9.17, 15) is 0 Å². The summed E-state index contributed by atoms with van der Waals surface area (Å²) < 4.78 is 5.83. The topological polar surface area (TPSA) is 29.5 Å². The van der Waals surface area contributed by atoms with Gasteiger partial charge in [0, 0.05) is 5.56 Å². The van der Waals surface area contributed by atoms with Gasteiger partial charge >= 0.3 is 0 Å². The van der Waals surface area contributed by atoms with Crippen molar-refractivity contribution in [1.29, 1.82) is 0 Å². The monoisotopic (exact) mass is 288 g/mol. The van der Waals surface area contributed by atoms with Crippen molar-refractivity contribution in [2.24, 2.45) is 0 Å². The van der Waals surface area contributed by atoms with Crippen LogP contribution in [0.1, 0.15) is 11.1 Å². The summed E-state index contributed by atoms with van der Waals surface area (Å²) in [5.74, 6) is 6.43. The number of aliphatic hydroxyl groups excluding tert-OH is 1. The summed E-state index contributed by atoms with van der Waals surface area (Å²) >= 11 is 0. The molecule has 0 bridgehead atoms. The molecule has 0 heterocycles. The van der Waals surface area contributed by atoms with Crippen LogP contribution in [0.3, 0.4) is 0 Å². The molecule has 0 unspecified atom stereocenters. The Morgan fingerprint density at radius 3 is 2.45 bits per heavy atom. The fourth-order valence-electron chi connectivity index (χ4n) is 2.27. The predicted molar refractivity (Wildman–Crippen MR) is 88.7 cm³/mol. The quantitative estimate of drug-likeness (QED) is 0.744. The van der Waals surface area contributed by atoms with Crippen molar-refractivity contribution in [3.63, 3.8) is 0 Å². The first kappa shape index (κ1) is 14.2. The molecule has 2 heteroatoms. The van der Waals surface area contributed by atoms with Crippen molar-refractivity contribution in [3.8, 4) is 17.6 Å². The second-order valence-corrected chi connectivity index (χ2v) is 4.96. The molecule has 108 valence electrons. The van der Waals surface area contributed by atoms with E-state index in [2.05, 4.69) is 11.8 Å². The molecule has 22 heavy (non-hydrogen) atoms. The Morgan fingerprint density at radius 1 is 0.864 bits per heavy atom. The maximum Gasteiger partial charge on any atom is 0.120 e. The second-order valence-electron chi connectivity index (χ2n) is 4.96. The highest BCUT2D eigenvalue weighted by molar-refractivity contribution is 5.85. The molecule has 0 aliphatic heterocycles. The summed E-state index contributed by atoms with van der Waals surface area (Å²) in [7, 11) is 0. The summed E-state index contributed by atoms with van der Waals surface area (Å²) in [4.78, 5) is 0. The van der Waals surface area contributed by atoms with Gasteiger partial charge in [0.1, 0.15) is 19.0 Å². The largest absolute Gasteiger partial charge is 0.489 e. The van der Waals surface area contributed by atoms with Crippen molar-refractivity contribution in [2.75, 3.05) is 6.61 Å². The summed E-state index contributed by atoms with van der Waals surface area (Å²) in [5, 5.41) is 11.0. The lowest BCUT2D eigenvalue weighted by molar-refractivity contribution is 0.306. The van der Waals surface area contributed by atoms with Crippen molar-refractivity contribution >= 4 is 10.8 Å². The molecular formula is C20H16O2. The van der Waals surface area contributed by atoms with E-state index >= 15 is 0 Å². The van der Waals surface area contributed by atoms with Crippen LogP contribution in [0, 0.1) is 11.8 Å². The van der Waals surface area contributed by atoms with Crippen molar-refractivity contribution < 1.29 is 9.84 Å². The van der Waals surface area contributed by atoms with Crippen LogP contribution >= 0.6 is 0 Å². The molecule has 1 N–H and O–H groups in total. The molecule has 0 amide bonds. The first-order valence-corrected chi connectivity index (χ1v) is 7.15. The van der Waals surface area contributed by atoms with Crippen LogP contribution in [0.15, 0.2) is 66.7 Å². The first-order chi connectivity index (χ1) is 10.8. The van der Waals surface area contributed by atoms with E-state index in [0.29, 0.717) is 6.61 Å². The molecule has 3 aromatic carbocycles. The van der Waals surface area contributed by atoms with Crippen LogP contribution < -0.4 is 4.74 Å². The normalized spacial score (nSPS) is 10.0. The Balaban J connectivity index is 1.78. The van der Waals surface area contributed by atoms with Gasteiger partial charge in [0.2, 0.25) is 0 Å². The van der Waals surface area contributed by atoms with Gasteiger partial charge in [0.05, 0.1) is 0 Å². The number of benzene rings is 3. The average molecular weight is 288 g/mol. The summed E-state index contributed by atoms with van der Waals surface area (Å²) in [6.45, 7) is 0.441. The van der Waals surface area contributed by atoms with Gasteiger partial charge in [0.25, 0.3) is 0 Å². The lowest BCUT2D eigenvalue weighted by atomic mass is 10.1. The third-order valence-corrected chi connectivity index (χ3v) is 3.37. The van der Waals surface area contributed by atoms with Crippen LogP contribution in [-0.2, 0) is 6.61 Å². The number of aliphatic hydroxyl groups is 1. The Kier molecular flexibility index (Phi) is 4.38. The molecule has 0 aliphatic carbocycles. The SMILES string of the molecule is OCC#Cc1ccc2cc(OCc3ccccc3)ccc2c1.